The lowest BCUT2D eigenvalue weighted by molar-refractivity contribution is 0.0530. The van der Waals surface area contributed by atoms with Crippen LogP contribution in [0.2, 0.25) is 0 Å². The zero-order valence-electron chi connectivity index (χ0n) is 17.4. The van der Waals surface area contributed by atoms with E-state index in [-0.39, 0.29) is 17.4 Å². The second kappa shape index (κ2) is 8.18. The summed E-state index contributed by atoms with van der Waals surface area (Å²) in [5, 5.41) is 4.70. The maximum atomic E-state index is 13.5. The van der Waals surface area contributed by atoms with Gasteiger partial charge in [-0.05, 0) is 49.2 Å². The highest BCUT2D eigenvalue weighted by molar-refractivity contribution is 5.95. The van der Waals surface area contributed by atoms with Gasteiger partial charge in [-0.2, -0.15) is 5.10 Å². The average Bonchev–Trinajstić information content (AvgIpc) is 3.59. The number of hydrogen-bond acceptors (Lipinski definition) is 3. The first-order valence-electron chi connectivity index (χ1n) is 10.7. The molecule has 2 heterocycles. The number of benzene rings is 2. The second-order valence-corrected chi connectivity index (χ2v) is 8.19. The van der Waals surface area contributed by atoms with E-state index in [4.69, 9.17) is 5.10 Å². The van der Waals surface area contributed by atoms with Crippen molar-refractivity contribution in [3.8, 4) is 5.69 Å². The molecule has 0 N–H and O–H groups in total. The highest BCUT2D eigenvalue weighted by Crippen LogP contribution is 2.40. The Bertz CT molecular complexity index is 1170. The van der Waals surface area contributed by atoms with E-state index in [1.807, 2.05) is 36.4 Å². The van der Waals surface area contributed by atoms with Crippen LogP contribution in [0.15, 0.2) is 54.6 Å². The Labute approximate surface area is 184 Å². The first-order valence-corrected chi connectivity index (χ1v) is 10.7. The third kappa shape index (κ3) is 3.88. The van der Waals surface area contributed by atoms with Crippen LogP contribution in [0, 0.1) is 11.6 Å². The van der Waals surface area contributed by atoms with E-state index in [2.05, 4.69) is 0 Å². The normalized spacial score (nSPS) is 16.3. The van der Waals surface area contributed by atoms with Gasteiger partial charge in [-0.15, -0.1) is 0 Å². The molecule has 1 aliphatic heterocycles. The van der Waals surface area contributed by atoms with Gasteiger partial charge >= 0.3 is 0 Å². The highest BCUT2D eigenvalue weighted by Gasteiger charge is 2.32. The van der Waals surface area contributed by atoms with Gasteiger partial charge in [0.2, 0.25) is 0 Å². The number of para-hydroxylation sites is 1. The number of nitrogens with zero attached hydrogens (tertiary/aromatic N) is 4. The van der Waals surface area contributed by atoms with Crippen LogP contribution in [0.3, 0.4) is 0 Å². The Morgan fingerprint density at radius 2 is 1.47 bits per heavy atom. The molecule has 8 heteroatoms. The molecule has 2 aromatic carbocycles. The summed E-state index contributed by atoms with van der Waals surface area (Å²) in [6, 6.07) is 14.6. The molecule has 2 amide bonds. The molecule has 0 radical (unpaired) electrons. The first-order chi connectivity index (χ1) is 15.5. The van der Waals surface area contributed by atoms with Crippen LogP contribution in [0.1, 0.15) is 45.3 Å². The van der Waals surface area contributed by atoms with Gasteiger partial charge in [-0.1, -0.05) is 18.2 Å². The number of piperazine rings is 1. The van der Waals surface area contributed by atoms with E-state index >= 15 is 0 Å². The summed E-state index contributed by atoms with van der Waals surface area (Å²) < 4.78 is 28.4. The molecule has 3 aromatic rings. The van der Waals surface area contributed by atoms with Crippen LogP contribution in [-0.4, -0.2) is 57.6 Å². The second-order valence-electron chi connectivity index (χ2n) is 8.19. The van der Waals surface area contributed by atoms with Gasteiger partial charge in [0.05, 0.1) is 11.4 Å². The largest absolute Gasteiger partial charge is 0.335 e. The molecule has 0 unspecified atom stereocenters. The van der Waals surface area contributed by atoms with Crippen LogP contribution in [0.4, 0.5) is 8.78 Å². The summed E-state index contributed by atoms with van der Waals surface area (Å²) in [6.07, 6.45) is 2.17. The zero-order valence-corrected chi connectivity index (χ0v) is 17.4. The molecule has 1 saturated carbocycles. The lowest BCUT2D eigenvalue weighted by atomic mass is 10.1. The SMILES string of the molecule is O=C(c1ccc(F)c(F)c1)N1CCN(C(=O)c2cc(C3CC3)nn2-c2ccccc2)CC1. The predicted molar refractivity (Wildman–Crippen MR) is 114 cm³/mol. The number of carbonyl (C=O) groups is 2. The summed E-state index contributed by atoms with van der Waals surface area (Å²) in [6.45, 7) is 1.34. The Morgan fingerprint density at radius 1 is 0.812 bits per heavy atom. The van der Waals surface area contributed by atoms with Crippen molar-refractivity contribution < 1.29 is 18.4 Å². The van der Waals surface area contributed by atoms with Gasteiger partial charge in [0.15, 0.2) is 11.6 Å². The van der Waals surface area contributed by atoms with Gasteiger partial charge in [0, 0.05) is 37.7 Å². The maximum absolute atomic E-state index is 13.5. The summed E-state index contributed by atoms with van der Waals surface area (Å²) in [5.74, 6) is -2.13. The van der Waals surface area contributed by atoms with Gasteiger partial charge in [-0.3, -0.25) is 9.59 Å². The average molecular weight is 436 g/mol. The molecule has 1 aromatic heterocycles. The van der Waals surface area contributed by atoms with E-state index in [9.17, 15) is 18.4 Å². The van der Waals surface area contributed by atoms with Gasteiger partial charge in [0.1, 0.15) is 5.69 Å². The maximum Gasteiger partial charge on any atom is 0.272 e. The van der Waals surface area contributed by atoms with Gasteiger partial charge < -0.3 is 9.80 Å². The monoisotopic (exact) mass is 436 g/mol. The summed E-state index contributed by atoms with van der Waals surface area (Å²) in [4.78, 5) is 29.3. The van der Waals surface area contributed by atoms with E-state index < -0.39 is 11.6 Å². The topological polar surface area (TPSA) is 58.4 Å². The molecule has 2 fully saturated rings. The molecule has 0 spiro atoms. The molecule has 2 aliphatic rings. The summed E-state index contributed by atoms with van der Waals surface area (Å²) in [7, 11) is 0. The van der Waals surface area contributed by atoms with Crippen molar-refractivity contribution in [2.75, 3.05) is 26.2 Å². The Kier molecular flexibility index (Phi) is 5.20. The van der Waals surface area contributed by atoms with E-state index in [1.165, 1.54) is 6.07 Å². The fourth-order valence-corrected chi connectivity index (χ4v) is 3.98. The highest BCUT2D eigenvalue weighted by atomic mass is 19.2. The fourth-order valence-electron chi connectivity index (χ4n) is 3.98. The molecule has 5 rings (SSSR count). The van der Waals surface area contributed by atoms with Crippen molar-refractivity contribution in [2.45, 2.75) is 18.8 Å². The molecular weight excluding hydrogens is 414 g/mol. The Morgan fingerprint density at radius 3 is 2.09 bits per heavy atom. The third-order valence-electron chi connectivity index (χ3n) is 5.96. The van der Waals surface area contributed by atoms with Crippen LogP contribution < -0.4 is 0 Å². The summed E-state index contributed by atoms with van der Waals surface area (Å²) in [5.41, 5.74) is 2.37. The lowest BCUT2D eigenvalue weighted by Crippen LogP contribution is -2.50. The van der Waals surface area contributed by atoms with Crippen LogP contribution in [-0.2, 0) is 0 Å². The third-order valence-corrected chi connectivity index (χ3v) is 5.96. The number of hydrogen-bond donors (Lipinski definition) is 0. The molecule has 164 valence electrons. The van der Waals surface area contributed by atoms with E-state index in [0.717, 1.165) is 36.4 Å². The number of amides is 2. The molecule has 0 bridgehead atoms. The molecular formula is C24H22F2N4O2. The molecule has 32 heavy (non-hydrogen) atoms. The Balaban J connectivity index is 1.31. The van der Waals surface area contributed by atoms with Crippen molar-refractivity contribution in [1.29, 1.82) is 0 Å². The molecule has 1 aliphatic carbocycles. The van der Waals surface area contributed by atoms with Crippen molar-refractivity contribution in [3.63, 3.8) is 0 Å². The van der Waals surface area contributed by atoms with Crippen molar-refractivity contribution >= 4 is 11.8 Å². The zero-order chi connectivity index (χ0) is 22.2. The Hall–Kier alpha value is -3.55. The number of aromatic nitrogens is 2. The minimum absolute atomic E-state index is 0.0971. The lowest BCUT2D eigenvalue weighted by Gasteiger charge is -2.34. The van der Waals surface area contributed by atoms with Crippen molar-refractivity contribution in [2.24, 2.45) is 0 Å². The molecule has 1 saturated heterocycles. The summed E-state index contributed by atoms with van der Waals surface area (Å²) >= 11 is 0. The van der Waals surface area contributed by atoms with Gasteiger partial charge in [0.25, 0.3) is 11.8 Å². The van der Waals surface area contributed by atoms with E-state index in [0.29, 0.717) is 37.8 Å². The smallest absolute Gasteiger partial charge is 0.272 e. The van der Waals surface area contributed by atoms with Gasteiger partial charge in [-0.25, -0.2) is 13.5 Å². The van der Waals surface area contributed by atoms with E-state index in [1.54, 1.807) is 14.5 Å². The molecule has 0 atom stereocenters. The number of halogens is 2. The number of carbonyl (C=O) groups excluding carboxylic acids is 2. The molecule has 6 nitrogen and oxygen atoms in total. The quantitative estimate of drug-likeness (QED) is 0.628. The predicted octanol–water partition coefficient (Wildman–Crippen LogP) is 3.63. The fraction of sp³-hybridized carbons (Fsp3) is 0.292. The minimum atomic E-state index is -1.05. The minimum Gasteiger partial charge on any atom is -0.335 e. The van der Waals surface area contributed by atoms with Crippen LogP contribution in [0.25, 0.3) is 5.69 Å². The van der Waals surface area contributed by atoms with Crippen LogP contribution in [0.5, 0.6) is 0 Å². The first kappa shape index (κ1) is 20.4. The number of rotatable bonds is 4. The standard InChI is InChI=1S/C24H22F2N4O2/c25-19-9-8-17(14-20(19)26)23(31)28-10-12-29(13-11-28)24(32)22-15-21(16-6-7-16)27-30(22)18-4-2-1-3-5-18/h1-5,8-9,14-16H,6-7,10-13H2. The van der Waals surface area contributed by atoms with Crippen molar-refractivity contribution in [1.82, 2.24) is 19.6 Å². The van der Waals surface area contributed by atoms with Crippen molar-refractivity contribution in [3.05, 3.63) is 83.2 Å². The van der Waals surface area contributed by atoms with Crippen LogP contribution >= 0.6 is 0 Å².